The third-order valence-electron chi connectivity index (χ3n) is 5.57. The Balaban J connectivity index is 1.80. The Morgan fingerprint density at radius 3 is 2.46 bits per heavy atom. The number of aryl methyl sites for hydroxylation is 1. The lowest BCUT2D eigenvalue weighted by Gasteiger charge is -2.32. The zero-order valence-corrected chi connectivity index (χ0v) is 16.4. The third kappa shape index (κ3) is 5.57. The predicted octanol–water partition coefficient (Wildman–Crippen LogP) is 6.46. The summed E-state index contributed by atoms with van der Waals surface area (Å²) in [6, 6.07) is 11.7. The zero-order valence-electron chi connectivity index (χ0n) is 16.4. The van der Waals surface area contributed by atoms with Gasteiger partial charge in [-0.2, -0.15) is 13.2 Å². The van der Waals surface area contributed by atoms with Gasteiger partial charge in [-0.1, -0.05) is 50.8 Å². The first kappa shape index (κ1) is 20.8. The maximum absolute atomic E-state index is 13.2. The summed E-state index contributed by atoms with van der Waals surface area (Å²) in [4.78, 5) is 4.69. The molecule has 0 saturated heterocycles. The van der Waals surface area contributed by atoms with Crippen LogP contribution in [0.1, 0.15) is 74.0 Å². The van der Waals surface area contributed by atoms with Gasteiger partial charge in [0.05, 0.1) is 11.3 Å². The molecule has 0 aliphatic heterocycles. The summed E-state index contributed by atoms with van der Waals surface area (Å²) in [6.45, 7) is 2.69. The van der Waals surface area contributed by atoms with Crippen molar-refractivity contribution >= 4 is 0 Å². The van der Waals surface area contributed by atoms with Crippen LogP contribution in [0.3, 0.4) is 0 Å². The smallest absolute Gasteiger partial charge is 0.304 e. The van der Waals surface area contributed by atoms with Crippen molar-refractivity contribution in [3.05, 3.63) is 65.0 Å². The Bertz CT molecular complexity index is 752. The molecule has 1 unspecified atom stereocenters. The van der Waals surface area contributed by atoms with E-state index in [4.69, 9.17) is 0 Å². The van der Waals surface area contributed by atoms with Crippen molar-refractivity contribution in [2.45, 2.75) is 70.6 Å². The fraction of sp³-hybridized carbons (Fsp3) is 0.522. The van der Waals surface area contributed by atoms with Gasteiger partial charge in [-0.25, -0.2) is 0 Å². The highest BCUT2D eigenvalue weighted by Gasteiger charge is 2.32. The van der Waals surface area contributed by atoms with Crippen LogP contribution in [0.25, 0.3) is 0 Å². The van der Waals surface area contributed by atoms with Gasteiger partial charge in [-0.15, -0.1) is 0 Å². The van der Waals surface area contributed by atoms with Gasteiger partial charge in [0, 0.05) is 18.3 Å². The fourth-order valence-electron chi connectivity index (χ4n) is 4.17. The number of aromatic nitrogens is 1. The van der Waals surface area contributed by atoms with Crippen molar-refractivity contribution in [2.24, 2.45) is 5.92 Å². The van der Waals surface area contributed by atoms with E-state index >= 15 is 0 Å². The van der Waals surface area contributed by atoms with Gasteiger partial charge < -0.3 is 5.32 Å². The number of hydrogen-bond acceptors (Lipinski definition) is 2. The average molecular weight is 390 g/mol. The summed E-state index contributed by atoms with van der Waals surface area (Å²) >= 11 is 0. The zero-order chi connectivity index (χ0) is 20.0. The summed E-state index contributed by atoms with van der Waals surface area (Å²) in [7, 11) is 0. The highest BCUT2D eigenvalue weighted by molar-refractivity contribution is 5.28. The molecule has 1 aromatic carbocycles. The standard InChI is InChI=1S/C23H29F3N2/c1-2-8-20-13-7-14-21(28-20)16-27-22(17-9-4-3-5-10-17)18-11-6-12-19(15-18)23(24,25)26/h6-7,11-15,17,22,27H,2-5,8-10,16H2,1H3. The molecule has 0 bridgehead atoms. The first-order chi connectivity index (χ1) is 13.5. The maximum Gasteiger partial charge on any atom is 0.416 e. The number of benzene rings is 1. The molecule has 2 aromatic rings. The number of rotatable bonds is 7. The van der Waals surface area contributed by atoms with Crippen LogP contribution in [-0.4, -0.2) is 4.98 Å². The molecule has 3 rings (SSSR count). The van der Waals surface area contributed by atoms with Crippen molar-refractivity contribution in [3.8, 4) is 0 Å². The lowest BCUT2D eigenvalue weighted by atomic mass is 9.80. The van der Waals surface area contributed by atoms with Crippen LogP contribution in [0.2, 0.25) is 0 Å². The first-order valence-electron chi connectivity index (χ1n) is 10.3. The first-order valence-corrected chi connectivity index (χ1v) is 10.3. The van der Waals surface area contributed by atoms with Crippen LogP contribution >= 0.6 is 0 Å². The second-order valence-electron chi connectivity index (χ2n) is 7.75. The summed E-state index contributed by atoms with van der Waals surface area (Å²) in [5.74, 6) is 0.357. The van der Waals surface area contributed by atoms with Crippen LogP contribution in [-0.2, 0) is 19.1 Å². The Morgan fingerprint density at radius 2 is 1.75 bits per heavy atom. The fourth-order valence-corrected chi connectivity index (χ4v) is 4.17. The molecule has 1 aliphatic carbocycles. The highest BCUT2D eigenvalue weighted by Crippen LogP contribution is 2.37. The molecule has 28 heavy (non-hydrogen) atoms. The molecule has 1 saturated carbocycles. The van der Waals surface area contributed by atoms with E-state index in [1.54, 1.807) is 0 Å². The Kier molecular flexibility index (Phi) is 7.11. The average Bonchev–Trinajstić information content (AvgIpc) is 2.69. The Morgan fingerprint density at radius 1 is 1.04 bits per heavy atom. The van der Waals surface area contributed by atoms with E-state index < -0.39 is 11.7 Å². The molecule has 2 nitrogen and oxygen atoms in total. The van der Waals surface area contributed by atoms with Crippen molar-refractivity contribution in [1.82, 2.24) is 10.3 Å². The molecule has 0 radical (unpaired) electrons. The van der Waals surface area contributed by atoms with Crippen LogP contribution in [0.5, 0.6) is 0 Å². The van der Waals surface area contributed by atoms with Crippen LogP contribution in [0.4, 0.5) is 13.2 Å². The van der Waals surface area contributed by atoms with E-state index in [0.717, 1.165) is 61.5 Å². The van der Waals surface area contributed by atoms with E-state index in [1.807, 2.05) is 24.3 Å². The van der Waals surface area contributed by atoms with Gasteiger partial charge in [0.2, 0.25) is 0 Å². The van der Waals surface area contributed by atoms with Crippen molar-refractivity contribution in [3.63, 3.8) is 0 Å². The molecule has 1 aliphatic rings. The summed E-state index contributed by atoms with van der Waals surface area (Å²) in [5, 5.41) is 3.54. The second kappa shape index (κ2) is 9.55. The van der Waals surface area contributed by atoms with Crippen LogP contribution in [0, 0.1) is 5.92 Å². The number of alkyl halides is 3. The van der Waals surface area contributed by atoms with E-state index in [9.17, 15) is 13.2 Å². The second-order valence-corrected chi connectivity index (χ2v) is 7.75. The molecule has 1 fully saturated rings. The molecule has 1 atom stereocenters. The molecule has 0 spiro atoms. The molecular weight excluding hydrogens is 361 g/mol. The van der Waals surface area contributed by atoms with Crippen molar-refractivity contribution in [2.75, 3.05) is 0 Å². The van der Waals surface area contributed by atoms with E-state index in [0.29, 0.717) is 12.5 Å². The normalized spacial score (nSPS) is 16.9. The topological polar surface area (TPSA) is 24.9 Å². The number of hydrogen-bond donors (Lipinski definition) is 1. The van der Waals surface area contributed by atoms with Crippen molar-refractivity contribution in [1.29, 1.82) is 0 Å². The Labute approximate surface area is 165 Å². The third-order valence-corrected chi connectivity index (χ3v) is 5.57. The highest BCUT2D eigenvalue weighted by atomic mass is 19.4. The lowest BCUT2D eigenvalue weighted by Crippen LogP contribution is -2.30. The maximum atomic E-state index is 13.2. The van der Waals surface area contributed by atoms with Gasteiger partial charge in [-0.05, 0) is 55.0 Å². The van der Waals surface area contributed by atoms with Gasteiger partial charge in [0.25, 0.3) is 0 Å². The largest absolute Gasteiger partial charge is 0.416 e. The van der Waals surface area contributed by atoms with Gasteiger partial charge >= 0.3 is 6.18 Å². The SMILES string of the molecule is CCCc1cccc(CNC(c2cccc(C(F)(F)F)c2)C2CCCCC2)n1. The minimum Gasteiger partial charge on any atom is -0.304 e. The molecule has 5 heteroatoms. The summed E-state index contributed by atoms with van der Waals surface area (Å²) in [6.07, 6.45) is 3.27. The minimum absolute atomic E-state index is 0.0840. The van der Waals surface area contributed by atoms with E-state index in [2.05, 4.69) is 17.2 Å². The monoisotopic (exact) mass is 390 g/mol. The summed E-state index contributed by atoms with van der Waals surface area (Å²) < 4.78 is 39.6. The lowest BCUT2D eigenvalue weighted by molar-refractivity contribution is -0.137. The Hall–Kier alpha value is -1.88. The van der Waals surface area contributed by atoms with Crippen LogP contribution in [0.15, 0.2) is 42.5 Å². The molecule has 0 amide bonds. The van der Waals surface area contributed by atoms with Crippen molar-refractivity contribution < 1.29 is 13.2 Å². The van der Waals surface area contributed by atoms with Gasteiger partial charge in [0.1, 0.15) is 0 Å². The molecule has 1 heterocycles. The minimum atomic E-state index is -4.32. The number of pyridine rings is 1. The number of halogens is 3. The molecule has 1 N–H and O–H groups in total. The number of nitrogens with zero attached hydrogens (tertiary/aromatic N) is 1. The van der Waals surface area contributed by atoms with Gasteiger partial charge in [0.15, 0.2) is 0 Å². The molecule has 152 valence electrons. The molecule has 1 aromatic heterocycles. The van der Waals surface area contributed by atoms with Crippen LogP contribution < -0.4 is 5.32 Å². The van der Waals surface area contributed by atoms with E-state index in [1.165, 1.54) is 18.6 Å². The molecular formula is C23H29F3N2. The van der Waals surface area contributed by atoms with E-state index in [-0.39, 0.29) is 6.04 Å². The van der Waals surface area contributed by atoms with Gasteiger partial charge in [-0.3, -0.25) is 4.98 Å². The summed E-state index contributed by atoms with van der Waals surface area (Å²) in [5.41, 5.74) is 2.16. The predicted molar refractivity (Wildman–Crippen MR) is 106 cm³/mol. The quantitative estimate of drug-likeness (QED) is 0.586. The number of nitrogens with one attached hydrogen (secondary N) is 1.